The Bertz CT molecular complexity index is 304. The van der Waals surface area contributed by atoms with E-state index >= 15 is 0 Å². The Morgan fingerprint density at radius 3 is 2.35 bits per heavy atom. The number of nitrogens with zero attached hydrogens (tertiary/aromatic N) is 1. The van der Waals surface area contributed by atoms with Gasteiger partial charge in [-0.15, -0.1) is 0 Å². The Morgan fingerprint density at radius 2 is 2.00 bits per heavy atom. The first-order valence-electron chi connectivity index (χ1n) is 5.00. The van der Waals surface area contributed by atoms with E-state index in [0.717, 1.165) is 0 Å². The number of halogens is 3. The number of rotatable bonds is 5. The van der Waals surface area contributed by atoms with E-state index in [0.29, 0.717) is 0 Å². The minimum absolute atomic E-state index is 0.209. The maximum atomic E-state index is 11.9. The summed E-state index contributed by atoms with van der Waals surface area (Å²) in [6.07, 6.45) is -5.23. The molecule has 100 valence electrons. The smallest absolute Gasteiger partial charge is 0.390 e. The summed E-state index contributed by atoms with van der Waals surface area (Å²) in [5.41, 5.74) is 4.03. The van der Waals surface area contributed by atoms with Gasteiger partial charge in [0.25, 0.3) is 0 Å². The molecule has 0 aromatic rings. The average molecular weight is 255 g/mol. The van der Waals surface area contributed by atoms with Crippen LogP contribution in [0, 0.1) is 5.41 Å². The van der Waals surface area contributed by atoms with Gasteiger partial charge < -0.3 is 16.3 Å². The normalized spacial score (nSPS) is 16.4. The van der Waals surface area contributed by atoms with Gasteiger partial charge in [-0.1, -0.05) is 12.1 Å². The summed E-state index contributed by atoms with van der Waals surface area (Å²) in [5.74, 6) is -1.02. The van der Waals surface area contributed by atoms with Crippen LogP contribution in [0.1, 0.15) is 26.7 Å². The van der Waals surface area contributed by atoms with Crippen molar-refractivity contribution in [1.29, 1.82) is 0 Å². The highest BCUT2D eigenvalue weighted by Gasteiger charge is 2.37. The van der Waals surface area contributed by atoms with Gasteiger partial charge in [-0.3, -0.25) is 4.79 Å². The summed E-state index contributed by atoms with van der Waals surface area (Å²) in [6.45, 7) is 2.48. The first-order chi connectivity index (χ1) is 7.67. The van der Waals surface area contributed by atoms with Gasteiger partial charge in [-0.2, -0.15) is 13.2 Å². The fraction of sp³-hybridized carbons (Fsp3) is 0.778. The van der Waals surface area contributed by atoms with Gasteiger partial charge in [-0.25, -0.2) is 0 Å². The van der Waals surface area contributed by atoms with Gasteiger partial charge in [0.2, 0.25) is 5.91 Å². The lowest BCUT2D eigenvalue weighted by Crippen LogP contribution is -2.48. The molecule has 0 heterocycles. The van der Waals surface area contributed by atoms with Crippen molar-refractivity contribution in [1.82, 2.24) is 5.32 Å². The Morgan fingerprint density at radius 1 is 1.47 bits per heavy atom. The van der Waals surface area contributed by atoms with E-state index in [2.05, 4.69) is 10.5 Å². The first-order valence-corrected chi connectivity index (χ1v) is 5.00. The van der Waals surface area contributed by atoms with Crippen LogP contribution in [0.2, 0.25) is 0 Å². The SMILES string of the molecule is CCC(C)(C(=O)NCCC(F)(F)F)C(N)=NO. The number of nitrogens with one attached hydrogen (secondary N) is 1. The van der Waals surface area contributed by atoms with Crippen LogP contribution < -0.4 is 11.1 Å². The van der Waals surface area contributed by atoms with Gasteiger partial charge in [0, 0.05) is 6.54 Å². The van der Waals surface area contributed by atoms with E-state index in [1.54, 1.807) is 6.92 Å². The standard InChI is InChI=1S/C9H16F3N3O2/c1-3-8(2,6(13)15-17)7(16)14-5-4-9(10,11)12/h17H,3-5H2,1-2H3,(H2,13,15)(H,14,16). The molecule has 17 heavy (non-hydrogen) atoms. The van der Waals surface area contributed by atoms with Gasteiger partial charge in [-0.05, 0) is 13.3 Å². The second-order valence-electron chi connectivity index (χ2n) is 3.79. The molecule has 1 unspecified atom stereocenters. The van der Waals surface area contributed by atoms with Gasteiger partial charge in [0.05, 0.1) is 6.42 Å². The molecule has 0 radical (unpaired) electrons. The lowest BCUT2D eigenvalue weighted by molar-refractivity contribution is -0.137. The highest BCUT2D eigenvalue weighted by atomic mass is 19.4. The monoisotopic (exact) mass is 255 g/mol. The summed E-state index contributed by atoms with van der Waals surface area (Å²) in [6, 6.07) is 0. The molecule has 5 nitrogen and oxygen atoms in total. The zero-order valence-corrected chi connectivity index (χ0v) is 9.64. The van der Waals surface area contributed by atoms with E-state index in [1.165, 1.54) is 6.92 Å². The highest BCUT2D eigenvalue weighted by Crippen LogP contribution is 2.22. The molecule has 0 spiro atoms. The number of oxime groups is 1. The van der Waals surface area contributed by atoms with E-state index < -0.39 is 30.5 Å². The molecule has 1 amide bonds. The number of hydrogen-bond acceptors (Lipinski definition) is 3. The maximum Gasteiger partial charge on any atom is 0.390 e. The van der Waals surface area contributed by atoms with Crippen LogP contribution in [-0.4, -0.2) is 29.7 Å². The molecule has 0 rings (SSSR count). The second-order valence-corrected chi connectivity index (χ2v) is 3.79. The summed E-state index contributed by atoms with van der Waals surface area (Å²) >= 11 is 0. The van der Waals surface area contributed by atoms with Crippen LogP contribution in [0.3, 0.4) is 0 Å². The summed E-state index contributed by atoms with van der Waals surface area (Å²) < 4.78 is 35.6. The molecular formula is C9H16F3N3O2. The van der Waals surface area contributed by atoms with Crippen LogP contribution >= 0.6 is 0 Å². The molecule has 0 bridgehead atoms. The minimum atomic E-state index is -4.33. The van der Waals surface area contributed by atoms with Gasteiger partial charge in [0.15, 0.2) is 5.84 Å². The molecule has 0 aliphatic heterocycles. The molecule has 0 aromatic heterocycles. The lowest BCUT2D eigenvalue weighted by Gasteiger charge is -2.25. The Kier molecular flexibility index (Phi) is 5.24. The molecule has 4 N–H and O–H groups in total. The molecular weight excluding hydrogens is 239 g/mol. The highest BCUT2D eigenvalue weighted by molar-refractivity contribution is 6.06. The Hall–Kier alpha value is -1.47. The van der Waals surface area contributed by atoms with Crippen molar-refractivity contribution < 1.29 is 23.2 Å². The Labute approximate surface area is 96.9 Å². The van der Waals surface area contributed by atoms with Crippen LogP contribution in [0.15, 0.2) is 5.16 Å². The van der Waals surface area contributed by atoms with Crippen molar-refractivity contribution in [2.75, 3.05) is 6.54 Å². The van der Waals surface area contributed by atoms with Crippen LogP contribution in [0.5, 0.6) is 0 Å². The predicted molar refractivity (Wildman–Crippen MR) is 55.5 cm³/mol. The molecule has 8 heteroatoms. The van der Waals surface area contributed by atoms with Crippen molar-refractivity contribution in [3.05, 3.63) is 0 Å². The van der Waals surface area contributed by atoms with Gasteiger partial charge in [0.1, 0.15) is 5.41 Å². The zero-order valence-electron chi connectivity index (χ0n) is 9.64. The van der Waals surface area contributed by atoms with Crippen molar-refractivity contribution >= 4 is 11.7 Å². The summed E-state index contributed by atoms with van der Waals surface area (Å²) in [7, 11) is 0. The van der Waals surface area contributed by atoms with Gasteiger partial charge >= 0.3 is 6.18 Å². The van der Waals surface area contributed by atoms with E-state index in [1.807, 2.05) is 0 Å². The topological polar surface area (TPSA) is 87.7 Å². The average Bonchev–Trinajstić information content (AvgIpc) is 2.24. The molecule has 0 aromatic carbocycles. The predicted octanol–water partition coefficient (Wildman–Crippen LogP) is 1.22. The van der Waals surface area contributed by atoms with Crippen LogP contribution in [0.4, 0.5) is 13.2 Å². The fourth-order valence-corrected chi connectivity index (χ4v) is 1.08. The largest absolute Gasteiger partial charge is 0.409 e. The quantitative estimate of drug-likeness (QED) is 0.299. The number of nitrogens with two attached hydrogens (primary N) is 1. The van der Waals surface area contributed by atoms with E-state index in [4.69, 9.17) is 10.9 Å². The number of amides is 1. The third-order valence-electron chi connectivity index (χ3n) is 2.58. The maximum absolute atomic E-state index is 11.9. The van der Waals surface area contributed by atoms with Crippen molar-refractivity contribution in [2.24, 2.45) is 16.3 Å². The minimum Gasteiger partial charge on any atom is -0.409 e. The third kappa shape index (κ3) is 4.49. The summed E-state index contributed by atoms with van der Waals surface area (Å²) in [5, 5.41) is 13.3. The number of carbonyl (C=O) groups is 1. The van der Waals surface area contributed by atoms with Crippen molar-refractivity contribution in [2.45, 2.75) is 32.9 Å². The van der Waals surface area contributed by atoms with Crippen LogP contribution in [-0.2, 0) is 4.79 Å². The lowest BCUT2D eigenvalue weighted by atomic mass is 9.85. The summed E-state index contributed by atoms with van der Waals surface area (Å²) in [4.78, 5) is 11.6. The second kappa shape index (κ2) is 5.74. The fourth-order valence-electron chi connectivity index (χ4n) is 1.08. The van der Waals surface area contributed by atoms with Crippen LogP contribution in [0.25, 0.3) is 0 Å². The molecule has 0 fully saturated rings. The Balaban J connectivity index is 4.48. The molecule has 1 atom stereocenters. The van der Waals surface area contributed by atoms with Crippen molar-refractivity contribution in [3.8, 4) is 0 Å². The number of alkyl halides is 3. The first kappa shape index (κ1) is 15.5. The molecule has 0 aliphatic rings. The molecule has 0 aliphatic carbocycles. The number of amidine groups is 1. The number of hydrogen-bond donors (Lipinski definition) is 3. The van der Waals surface area contributed by atoms with Crippen molar-refractivity contribution in [3.63, 3.8) is 0 Å². The number of carbonyl (C=O) groups excluding carboxylic acids is 1. The zero-order chi connectivity index (χ0) is 13.7. The van der Waals surface area contributed by atoms with E-state index in [-0.39, 0.29) is 12.3 Å². The molecule has 0 saturated heterocycles. The third-order valence-corrected chi connectivity index (χ3v) is 2.58. The molecule has 0 saturated carbocycles. The van der Waals surface area contributed by atoms with E-state index in [9.17, 15) is 18.0 Å².